The van der Waals surface area contributed by atoms with Gasteiger partial charge in [0.25, 0.3) is 0 Å². The minimum Gasteiger partial charge on any atom is -0.491 e. The summed E-state index contributed by atoms with van der Waals surface area (Å²) in [6.45, 7) is 0.376. The van der Waals surface area contributed by atoms with Crippen molar-refractivity contribution >= 4 is 11.0 Å². The molecule has 3 aromatic carbocycles. The molecular weight excluding hydrogens is 411 g/mol. The normalized spacial score (nSPS) is 18.6. The minimum atomic E-state index is -0.755. The third kappa shape index (κ3) is 4.10. The number of fused-ring (bicyclic) bond motifs is 2. The summed E-state index contributed by atoms with van der Waals surface area (Å²) in [5, 5.41) is 28.7. The maximum Gasteiger partial charge on any atom is 0.170 e. The molecule has 0 fully saturated rings. The van der Waals surface area contributed by atoms with Crippen molar-refractivity contribution in [3.63, 3.8) is 0 Å². The van der Waals surface area contributed by atoms with Crippen molar-refractivity contribution in [2.75, 3.05) is 13.2 Å². The zero-order valence-electron chi connectivity index (χ0n) is 17.2. The first-order chi connectivity index (χ1) is 15.6. The number of hydrogen-bond acceptors (Lipinski definition) is 6. The van der Waals surface area contributed by atoms with E-state index in [4.69, 9.17) is 9.26 Å². The first kappa shape index (κ1) is 20.6. The van der Waals surface area contributed by atoms with Gasteiger partial charge in [0.2, 0.25) is 0 Å². The van der Waals surface area contributed by atoms with E-state index >= 15 is 0 Å². The Labute approximate surface area is 184 Å². The van der Waals surface area contributed by atoms with Crippen LogP contribution in [0.25, 0.3) is 22.2 Å². The number of aliphatic hydroxyl groups excluding tert-OH is 2. The number of benzene rings is 3. The Balaban J connectivity index is 1.21. The molecule has 2 unspecified atom stereocenters. The number of aromatic nitrogens is 1. The average Bonchev–Trinajstić information content (AvgIpc) is 3.36. The van der Waals surface area contributed by atoms with Gasteiger partial charge in [-0.3, -0.25) is 0 Å². The van der Waals surface area contributed by atoms with E-state index < -0.39 is 12.2 Å². The van der Waals surface area contributed by atoms with Crippen LogP contribution in [0.15, 0.2) is 71.3 Å². The van der Waals surface area contributed by atoms with Gasteiger partial charge < -0.3 is 24.8 Å². The Morgan fingerprint density at radius 3 is 2.91 bits per heavy atom. The lowest BCUT2D eigenvalue weighted by Crippen LogP contribution is -2.37. The third-order valence-corrected chi connectivity index (χ3v) is 5.76. The number of hydrogen-bond donors (Lipinski definition) is 3. The Morgan fingerprint density at radius 1 is 1.12 bits per heavy atom. The molecule has 1 aromatic heterocycles. The predicted molar refractivity (Wildman–Crippen MR) is 118 cm³/mol. The highest BCUT2D eigenvalue weighted by atomic mass is 19.1. The number of aliphatic hydroxyl groups is 2. The summed E-state index contributed by atoms with van der Waals surface area (Å²) in [5.41, 5.74) is 3.94. The first-order valence-corrected chi connectivity index (χ1v) is 10.5. The van der Waals surface area contributed by atoms with Gasteiger partial charge in [-0.25, -0.2) is 4.39 Å². The van der Waals surface area contributed by atoms with Gasteiger partial charge in [0, 0.05) is 30.0 Å². The fraction of sp³-hybridized carbons (Fsp3) is 0.240. The van der Waals surface area contributed by atoms with Gasteiger partial charge in [0.1, 0.15) is 30.0 Å². The van der Waals surface area contributed by atoms with E-state index in [9.17, 15) is 14.6 Å². The third-order valence-electron chi connectivity index (χ3n) is 5.76. The van der Waals surface area contributed by atoms with Crippen LogP contribution in [0.4, 0.5) is 4.39 Å². The molecule has 0 aliphatic heterocycles. The Kier molecular flexibility index (Phi) is 5.61. The van der Waals surface area contributed by atoms with Crippen LogP contribution in [0, 0.1) is 5.82 Å². The van der Waals surface area contributed by atoms with Crippen molar-refractivity contribution in [2.45, 2.75) is 24.7 Å². The quantitative estimate of drug-likeness (QED) is 0.412. The number of rotatable bonds is 7. The second kappa shape index (κ2) is 8.70. The maximum atomic E-state index is 13.4. The second-order valence-corrected chi connectivity index (χ2v) is 8.02. The lowest BCUT2D eigenvalue weighted by Gasteiger charge is -2.20. The van der Waals surface area contributed by atoms with Crippen molar-refractivity contribution in [3.8, 4) is 17.0 Å². The minimum absolute atomic E-state index is 0.0890. The van der Waals surface area contributed by atoms with Crippen LogP contribution in [0.2, 0.25) is 0 Å². The average molecular weight is 434 g/mol. The summed E-state index contributed by atoms with van der Waals surface area (Å²) in [4.78, 5) is 0. The Bertz CT molecular complexity index is 1240. The van der Waals surface area contributed by atoms with Crippen LogP contribution in [0.3, 0.4) is 0 Å². The van der Waals surface area contributed by atoms with Crippen molar-refractivity contribution in [3.05, 3.63) is 83.7 Å². The summed E-state index contributed by atoms with van der Waals surface area (Å²) < 4.78 is 24.4. The van der Waals surface area contributed by atoms with Crippen molar-refractivity contribution in [1.82, 2.24) is 10.5 Å². The Hall–Kier alpha value is -3.26. The molecule has 0 saturated heterocycles. The number of halogens is 1. The highest BCUT2D eigenvalue weighted by Crippen LogP contribution is 2.32. The summed E-state index contributed by atoms with van der Waals surface area (Å²) >= 11 is 0. The van der Waals surface area contributed by atoms with Crippen LogP contribution >= 0.6 is 0 Å². The lowest BCUT2D eigenvalue weighted by molar-refractivity contribution is 0.0890. The van der Waals surface area contributed by atoms with Crippen LogP contribution < -0.4 is 10.1 Å². The molecular formula is C25H23FN2O4. The molecule has 1 aliphatic rings. The molecule has 1 aliphatic carbocycles. The van der Waals surface area contributed by atoms with E-state index in [1.54, 1.807) is 18.2 Å². The zero-order valence-corrected chi connectivity index (χ0v) is 17.2. The molecule has 0 amide bonds. The molecule has 32 heavy (non-hydrogen) atoms. The van der Waals surface area contributed by atoms with Gasteiger partial charge in [-0.15, -0.1) is 0 Å². The van der Waals surface area contributed by atoms with Gasteiger partial charge in [0.05, 0.1) is 12.1 Å². The molecule has 7 heteroatoms. The van der Waals surface area contributed by atoms with Crippen molar-refractivity contribution < 1.29 is 23.9 Å². The summed E-state index contributed by atoms with van der Waals surface area (Å²) in [7, 11) is 0. The molecule has 164 valence electrons. The lowest BCUT2D eigenvalue weighted by atomic mass is 10.1. The monoisotopic (exact) mass is 434 g/mol. The van der Waals surface area contributed by atoms with Crippen molar-refractivity contribution in [1.29, 1.82) is 0 Å². The largest absolute Gasteiger partial charge is 0.491 e. The summed E-state index contributed by atoms with van der Waals surface area (Å²) in [6.07, 6.45) is -0.659. The van der Waals surface area contributed by atoms with Gasteiger partial charge >= 0.3 is 0 Å². The van der Waals surface area contributed by atoms with E-state index in [-0.39, 0.29) is 25.0 Å². The SMILES string of the molecule is OC1Cc2ccccc2C1NC[C@@H](O)COc1cccc(-c2noc3cc(F)ccc23)c1. The molecule has 3 N–H and O–H groups in total. The topological polar surface area (TPSA) is 87.8 Å². The molecule has 0 bridgehead atoms. The molecule has 0 spiro atoms. The molecule has 1 heterocycles. The fourth-order valence-electron chi connectivity index (χ4n) is 4.19. The predicted octanol–water partition coefficient (Wildman–Crippen LogP) is 3.62. The molecule has 5 rings (SSSR count). The van der Waals surface area contributed by atoms with Crippen molar-refractivity contribution in [2.24, 2.45) is 0 Å². The highest BCUT2D eigenvalue weighted by Gasteiger charge is 2.30. The van der Waals surface area contributed by atoms with E-state index in [0.29, 0.717) is 28.8 Å². The van der Waals surface area contributed by atoms with E-state index in [1.807, 2.05) is 36.4 Å². The molecule has 0 radical (unpaired) electrons. The van der Waals surface area contributed by atoms with Gasteiger partial charge in [-0.1, -0.05) is 41.6 Å². The van der Waals surface area contributed by atoms with Gasteiger partial charge in [0.15, 0.2) is 5.58 Å². The highest BCUT2D eigenvalue weighted by molar-refractivity contribution is 5.91. The number of ether oxygens (including phenoxy) is 1. The van der Waals surface area contributed by atoms with Crippen LogP contribution in [-0.4, -0.2) is 40.7 Å². The van der Waals surface area contributed by atoms with Gasteiger partial charge in [-0.05, 0) is 35.4 Å². The van der Waals surface area contributed by atoms with Crippen LogP contribution in [-0.2, 0) is 6.42 Å². The first-order valence-electron chi connectivity index (χ1n) is 10.5. The molecule has 6 nitrogen and oxygen atoms in total. The summed E-state index contributed by atoms with van der Waals surface area (Å²) in [5.74, 6) is 0.194. The Morgan fingerprint density at radius 2 is 2.00 bits per heavy atom. The van der Waals surface area contributed by atoms with Gasteiger partial charge in [-0.2, -0.15) is 0 Å². The van der Waals surface area contributed by atoms with Crippen LogP contribution in [0.5, 0.6) is 5.75 Å². The zero-order chi connectivity index (χ0) is 22.1. The summed E-state index contributed by atoms with van der Waals surface area (Å²) in [6, 6.07) is 19.3. The van der Waals surface area contributed by atoms with E-state index in [0.717, 1.165) is 16.7 Å². The smallest absolute Gasteiger partial charge is 0.170 e. The number of nitrogens with zero attached hydrogens (tertiary/aromatic N) is 1. The fourth-order valence-corrected chi connectivity index (χ4v) is 4.19. The van der Waals surface area contributed by atoms with E-state index in [1.165, 1.54) is 12.1 Å². The van der Waals surface area contributed by atoms with E-state index in [2.05, 4.69) is 10.5 Å². The maximum absolute atomic E-state index is 13.4. The number of nitrogens with one attached hydrogen (secondary N) is 1. The molecule has 3 atom stereocenters. The molecule has 4 aromatic rings. The molecule has 0 saturated carbocycles. The second-order valence-electron chi connectivity index (χ2n) is 8.02. The van der Waals surface area contributed by atoms with Crippen LogP contribution in [0.1, 0.15) is 17.2 Å². The standard InChI is InChI=1S/C25H23FN2O4/c26-17-8-9-21-23(12-17)32-28-24(21)16-5-3-6-19(10-16)31-14-18(29)13-27-25-20-7-2-1-4-15(20)11-22(25)30/h1-10,12,18,22,25,27,29-30H,11,13-14H2/t18-,22?,25?/m1/s1.